The number of carbonyl (C=O) groups is 2. The van der Waals surface area contributed by atoms with Crippen LogP contribution >= 0.6 is 0 Å². The molecule has 9 heteroatoms. The van der Waals surface area contributed by atoms with Crippen molar-refractivity contribution in [2.24, 2.45) is 11.8 Å². The van der Waals surface area contributed by atoms with Gasteiger partial charge in [0.25, 0.3) is 5.91 Å². The van der Waals surface area contributed by atoms with Crippen LogP contribution in [-0.2, 0) is 9.53 Å². The van der Waals surface area contributed by atoms with Gasteiger partial charge in [0.05, 0.1) is 26.3 Å². The highest BCUT2D eigenvalue weighted by atomic mass is 16.5. The van der Waals surface area contributed by atoms with E-state index in [0.717, 1.165) is 29.7 Å². The average Bonchev–Trinajstić information content (AvgIpc) is 2.94. The first kappa shape index (κ1) is 26.9. The Hall–Kier alpha value is -3.17. The Morgan fingerprint density at radius 3 is 2.59 bits per heavy atom. The molecule has 1 aromatic heterocycles. The first-order valence-corrected chi connectivity index (χ1v) is 12.9. The molecule has 200 valence electrons. The lowest BCUT2D eigenvalue weighted by atomic mass is 9.97. The summed E-state index contributed by atoms with van der Waals surface area (Å²) >= 11 is 0. The van der Waals surface area contributed by atoms with Crippen LogP contribution in [0.15, 0.2) is 36.5 Å². The van der Waals surface area contributed by atoms with Crippen molar-refractivity contribution in [2.75, 3.05) is 47.1 Å². The molecule has 0 spiro atoms. The van der Waals surface area contributed by atoms with Gasteiger partial charge in [-0.15, -0.1) is 0 Å². The van der Waals surface area contributed by atoms with Crippen LogP contribution in [0.25, 0.3) is 11.1 Å². The number of pyridine rings is 1. The van der Waals surface area contributed by atoms with Crippen molar-refractivity contribution in [2.45, 2.75) is 38.8 Å². The van der Waals surface area contributed by atoms with Crippen LogP contribution in [-0.4, -0.2) is 90.9 Å². The summed E-state index contributed by atoms with van der Waals surface area (Å²) in [6.07, 6.45) is 2.75. The molecule has 1 fully saturated rings. The monoisotopic (exact) mass is 511 g/mol. The summed E-state index contributed by atoms with van der Waals surface area (Å²) in [4.78, 5) is 34.7. The predicted octanol–water partition coefficient (Wildman–Crippen LogP) is 2.86. The number of hydrogen-bond donors (Lipinski definition) is 1. The van der Waals surface area contributed by atoms with Crippen molar-refractivity contribution >= 4 is 11.8 Å². The summed E-state index contributed by atoms with van der Waals surface area (Å²) in [5.41, 5.74) is 2.00. The lowest BCUT2D eigenvalue weighted by molar-refractivity contribution is -0.138. The maximum atomic E-state index is 13.7. The first-order valence-electron chi connectivity index (χ1n) is 12.9. The standard InChI is InChI=1S/C28H37N3O6/c1-18-15-31(19(2)17-32)28(34)24-13-22(20-5-7-23(35-4)8-6-20)14-29-26(24)37-25(18)16-30(3)27(33)21-9-11-36-12-10-21/h5-8,13-14,18-19,21,25,32H,9-12,15-17H2,1-4H3/t18-,19+,25-/m0/s1. The maximum Gasteiger partial charge on any atom is 0.259 e. The molecule has 3 heterocycles. The number of rotatable bonds is 7. The first-order chi connectivity index (χ1) is 17.8. The third-order valence-electron chi connectivity index (χ3n) is 7.34. The number of methoxy groups -OCH3 is 1. The van der Waals surface area contributed by atoms with Crippen molar-refractivity contribution in [3.8, 4) is 22.8 Å². The van der Waals surface area contributed by atoms with Gasteiger partial charge in [0.15, 0.2) is 0 Å². The van der Waals surface area contributed by atoms with Gasteiger partial charge in [0.1, 0.15) is 17.4 Å². The normalized spacial score (nSPS) is 21.3. The molecule has 2 aromatic rings. The van der Waals surface area contributed by atoms with E-state index >= 15 is 0 Å². The van der Waals surface area contributed by atoms with E-state index < -0.39 is 0 Å². The molecule has 0 saturated carbocycles. The molecule has 2 aliphatic rings. The van der Waals surface area contributed by atoms with Crippen LogP contribution in [0.1, 0.15) is 37.0 Å². The van der Waals surface area contributed by atoms with Crippen molar-refractivity contribution < 1.29 is 28.9 Å². The van der Waals surface area contributed by atoms with Gasteiger partial charge in [-0.05, 0) is 43.5 Å². The third-order valence-corrected chi connectivity index (χ3v) is 7.34. The maximum absolute atomic E-state index is 13.7. The Balaban J connectivity index is 1.64. The van der Waals surface area contributed by atoms with Crippen LogP contribution in [0.4, 0.5) is 0 Å². The minimum absolute atomic E-state index is 0.0486. The van der Waals surface area contributed by atoms with Gasteiger partial charge in [0.2, 0.25) is 11.8 Å². The Labute approximate surface area is 218 Å². The predicted molar refractivity (Wildman–Crippen MR) is 139 cm³/mol. The van der Waals surface area contributed by atoms with E-state index in [2.05, 4.69) is 4.98 Å². The second-order valence-electron chi connectivity index (χ2n) is 10.0. The van der Waals surface area contributed by atoms with Crippen LogP contribution in [0.5, 0.6) is 11.6 Å². The molecule has 9 nitrogen and oxygen atoms in total. The van der Waals surface area contributed by atoms with E-state index in [-0.39, 0.29) is 48.3 Å². The van der Waals surface area contributed by atoms with Crippen molar-refractivity contribution in [1.82, 2.24) is 14.8 Å². The fourth-order valence-corrected chi connectivity index (χ4v) is 4.88. The summed E-state index contributed by atoms with van der Waals surface area (Å²) in [6.45, 7) is 5.62. The summed E-state index contributed by atoms with van der Waals surface area (Å²) in [7, 11) is 3.41. The van der Waals surface area contributed by atoms with Crippen LogP contribution in [0, 0.1) is 11.8 Å². The fraction of sp³-hybridized carbons (Fsp3) is 0.536. The Morgan fingerprint density at radius 2 is 1.95 bits per heavy atom. The number of aliphatic hydroxyl groups excluding tert-OH is 1. The Kier molecular flexibility index (Phi) is 8.66. The minimum atomic E-state index is -0.382. The Bertz CT molecular complexity index is 1090. The smallest absolute Gasteiger partial charge is 0.259 e. The molecule has 4 rings (SSSR count). The number of fused-ring (bicyclic) bond motifs is 1. The van der Waals surface area contributed by atoms with Crippen LogP contribution in [0.2, 0.25) is 0 Å². The van der Waals surface area contributed by atoms with E-state index in [4.69, 9.17) is 14.2 Å². The van der Waals surface area contributed by atoms with Gasteiger partial charge in [0, 0.05) is 50.4 Å². The molecule has 1 aromatic carbocycles. The van der Waals surface area contributed by atoms with Gasteiger partial charge in [-0.2, -0.15) is 0 Å². The molecule has 1 N–H and O–H groups in total. The number of hydrogen-bond acceptors (Lipinski definition) is 7. The number of nitrogens with zero attached hydrogens (tertiary/aromatic N) is 3. The number of aromatic nitrogens is 1. The summed E-state index contributed by atoms with van der Waals surface area (Å²) < 4.78 is 17.0. The zero-order chi connectivity index (χ0) is 26.5. The largest absolute Gasteiger partial charge is 0.497 e. The number of likely N-dealkylation sites (N-methyl/N-ethyl adjacent to an activating group) is 1. The zero-order valence-electron chi connectivity index (χ0n) is 22.1. The van der Waals surface area contributed by atoms with Crippen LogP contribution < -0.4 is 9.47 Å². The highest BCUT2D eigenvalue weighted by Gasteiger charge is 2.35. The van der Waals surface area contributed by atoms with E-state index in [1.54, 1.807) is 36.2 Å². The van der Waals surface area contributed by atoms with E-state index in [1.807, 2.05) is 38.1 Å². The van der Waals surface area contributed by atoms with E-state index in [9.17, 15) is 14.7 Å². The van der Waals surface area contributed by atoms with Gasteiger partial charge >= 0.3 is 0 Å². The molecule has 37 heavy (non-hydrogen) atoms. The minimum Gasteiger partial charge on any atom is -0.497 e. The molecule has 2 amide bonds. The topological polar surface area (TPSA) is 101 Å². The number of ether oxygens (including phenoxy) is 3. The van der Waals surface area contributed by atoms with E-state index in [1.165, 1.54) is 0 Å². The number of aliphatic hydroxyl groups is 1. The van der Waals surface area contributed by atoms with Crippen LogP contribution in [0.3, 0.4) is 0 Å². The van der Waals surface area contributed by atoms with Gasteiger partial charge < -0.3 is 29.1 Å². The Morgan fingerprint density at radius 1 is 1.24 bits per heavy atom. The van der Waals surface area contributed by atoms with Crippen molar-refractivity contribution in [1.29, 1.82) is 0 Å². The molecule has 2 aliphatic heterocycles. The van der Waals surface area contributed by atoms with E-state index in [0.29, 0.717) is 31.9 Å². The number of amides is 2. The molecule has 0 bridgehead atoms. The molecule has 1 saturated heterocycles. The molecule has 3 atom stereocenters. The van der Waals surface area contributed by atoms with Crippen molar-refractivity contribution in [3.05, 3.63) is 42.1 Å². The molecular weight excluding hydrogens is 474 g/mol. The van der Waals surface area contributed by atoms with Gasteiger partial charge in [-0.3, -0.25) is 9.59 Å². The quantitative estimate of drug-likeness (QED) is 0.610. The molecule has 0 unspecified atom stereocenters. The highest BCUT2D eigenvalue weighted by Crippen LogP contribution is 2.31. The second-order valence-corrected chi connectivity index (χ2v) is 10.0. The SMILES string of the molecule is COc1ccc(-c2cnc3c(c2)C(=O)N([C@H](C)CO)C[C@H](C)[C@H](CN(C)C(=O)C2CCOCC2)O3)cc1. The summed E-state index contributed by atoms with van der Waals surface area (Å²) in [5, 5.41) is 9.90. The second kappa shape index (κ2) is 11.9. The zero-order valence-corrected chi connectivity index (χ0v) is 22.1. The molecular formula is C28H37N3O6. The molecule has 0 radical (unpaired) electrons. The highest BCUT2D eigenvalue weighted by molar-refractivity contribution is 5.98. The van der Waals surface area contributed by atoms with Gasteiger partial charge in [-0.25, -0.2) is 4.98 Å². The number of benzene rings is 1. The molecule has 0 aliphatic carbocycles. The average molecular weight is 512 g/mol. The third kappa shape index (κ3) is 6.05. The lowest BCUT2D eigenvalue weighted by Crippen LogP contribution is -2.51. The van der Waals surface area contributed by atoms with Gasteiger partial charge in [-0.1, -0.05) is 19.1 Å². The summed E-state index contributed by atoms with van der Waals surface area (Å²) in [6, 6.07) is 8.93. The fourth-order valence-electron chi connectivity index (χ4n) is 4.88. The number of carbonyl (C=O) groups excluding carboxylic acids is 2. The van der Waals surface area contributed by atoms with Crippen molar-refractivity contribution in [3.63, 3.8) is 0 Å². The lowest BCUT2D eigenvalue weighted by Gasteiger charge is -2.38. The summed E-state index contributed by atoms with van der Waals surface area (Å²) in [5.74, 6) is 0.673.